The van der Waals surface area contributed by atoms with Crippen molar-refractivity contribution in [3.8, 4) is 6.07 Å². The predicted molar refractivity (Wildman–Crippen MR) is 55.9 cm³/mol. The second kappa shape index (κ2) is 3.81. The van der Waals surface area contributed by atoms with Crippen LogP contribution in [0.2, 0.25) is 0 Å². The third-order valence-corrected chi connectivity index (χ3v) is 2.83. The van der Waals surface area contributed by atoms with Crippen LogP contribution in [0.1, 0.15) is 35.6 Å². The molecule has 1 heterocycles. The normalized spacial score (nSPS) is 20.7. The van der Waals surface area contributed by atoms with E-state index in [0.717, 1.165) is 17.7 Å². The summed E-state index contributed by atoms with van der Waals surface area (Å²) >= 11 is 0. The van der Waals surface area contributed by atoms with Crippen molar-refractivity contribution in [1.29, 1.82) is 5.26 Å². The van der Waals surface area contributed by atoms with Crippen molar-refractivity contribution in [2.45, 2.75) is 25.8 Å². The van der Waals surface area contributed by atoms with Crippen molar-refractivity contribution < 1.29 is 0 Å². The molecule has 2 heteroatoms. The fraction of sp³-hybridized carbons (Fsp3) is 0.417. The van der Waals surface area contributed by atoms with E-state index >= 15 is 0 Å². The molecule has 0 radical (unpaired) electrons. The van der Waals surface area contributed by atoms with Crippen molar-refractivity contribution in [2.75, 3.05) is 6.54 Å². The first-order chi connectivity index (χ1) is 6.81. The number of benzene rings is 1. The molecule has 0 amide bonds. The van der Waals surface area contributed by atoms with E-state index in [4.69, 9.17) is 5.26 Å². The smallest absolute Gasteiger partial charge is 0.0994 e. The fourth-order valence-corrected chi connectivity index (χ4v) is 2.00. The number of aryl methyl sites for hydroxylation is 1. The lowest BCUT2D eigenvalue weighted by atomic mass is 10.00. The van der Waals surface area contributed by atoms with Gasteiger partial charge in [-0.25, -0.2) is 0 Å². The van der Waals surface area contributed by atoms with E-state index < -0.39 is 0 Å². The summed E-state index contributed by atoms with van der Waals surface area (Å²) in [5, 5.41) is 12.3. The highest BCUT2D eigenvalue weighted by Gasteiger charge is 2.16. The molecule has 1 atom stereocenters. The SMILES string of the molecule is Cc1cc([C@@H]2CCCN2)ccc1C#N. The Morgan fingerprint density at radius 2 is 2.36 bits per heavy atom. The minimum atomic E-state index is 0.501. The van der Waals surface area contributed by atoms with E-state index in [1.165, 1.54) is 18.4 Å². The molecular weight excluding hydrogens is 172 g/mol. The van der Waals surface area contributed by atoms with Crippen LogP contribution in [0.4, 0.5) is 0 Å². The van der Waals surface area contributed by atoms with Crippen LogP contribution in [-0.4, -0.2) is 6.54 Å². The van der Waals surface area contributed by atoms with Crippen LogP contribution in [0.3, 0.4) is 0 Å². The van der Waals surface area contributed by atoms with Crippen LogP contribution in [0.25, 0.3) is 0 Å². The van der Waals surface area contributed by atoms with Gasteiger partial charge in [0.1, 0.15) is 0 Å². The first-order valence-corrected chi connectivity index (χ1v) is 5.05. The quantitative estimate of drug-likeness (QED) is 0.730. The Hall–Kier alpha value is -1.33. The van der Waals surface area contributed by atoms with Gasteiger partial charge in [-0.3, -0.25) is 0 Å². The number of nitriles is 1. The van der Waals surface area contributed by atoms with E-state index in [9.17, 15) is 0 Å². The molecule has 0 aliphatic carbocycles. The van der Waals surface area contributed by atoms with E-state index in [1.54, 1.807) is 0 Å². The zero-order valence-electron chi connectivity index (χ0n) is 8.38. The molecule has 0 unspecified atom stereocenters. The van der Waals surface area contributed by atoms with E-state index in [1.807, 2.05) is 13.0 Å². The lowest BCUT2D eigenvalue weighted by Crippen LogP contribution is -2.12. The monoisotopic (exact) mass is 186 g/mol. The highest BCUT2D eigenvalue weighted by Crippen LogP contribution is 2.24. The molecule has 1 aromatic carbocycles. The van der Waals surface area contributed by atoms with E-state index in [2.05, 4.69) is 23.5 Å². The minimum Gasteiger partial charge on any atom is -0.310 e. The Kier molecular flexibility index (Phi) is 2.51. The summed E-state index contributed by atoms with van der Waals surface area (Å²) in [6.07, 6.45) is 2.47. The molecule has 1 aromatic rings. The first-order valence-electron chi connectivity index (χ1n) is 5.05. The standard InChI is InChI=1S/C12H14N2/c1-9-7-10(4-5-11(9)8-13)12-3-2-6-14-12/h4-5,7,12,14H,2-3,6H2,1H3/t12-/m0/s1. The van der Waals surface area contributed by atoms with Gasteiger partial charge in [-0.2, -0.15) is 5.26 Å². The Bertz CT molecular complexity index is 370. The zero-order valence-corrected chi connectivity index (χ0v) is 8.38. The van der Waals surface area contributed by atoms with Gasteiger partial charge in [-0.05, 0) is 43.5 Å². The number of nitrogens with zero attached hydrogens (tertiary/aromatic N) is 1. The Balaban J connectivity index is 2.28. The van der Waals surface area contributed by atoms with Crippen molar-refractivity contribution in [3.05, 3.63) is 34.9 Å². The molecule has 1 N–H and O–H groups in total. The van der Waals surface area contributed by atoms with Gasteiger partial charge in [0.2, 0.25) is 0 Å². The maximum atomic E-state index is 8.81. The van der Waals surface area contributed by atoms with Crippen molar-refractivity contribution in [2.24, 2.45) is 0 Å². The second-order valence-electron chi connectivity index (χ2n) is 3.84. The zero-order chi connectivity index (χ0) is 9.97. The topological polar surface area (TPSA) is 35.8 Å². The summed E-state index contributed by atoms with van der Waals surface area (Å²) in [4.78, 5) is 0. The third-order valence-electron chi connectivity index (χ3n) is 2.83. The molecule has 0 bridgehead atoms. The van der Waals surface area contributed by atoms with Gasteiger partial charge >= 0.3 is 0 Å². The Morgan fingerprint density at radius 3 is 2.93 bits per heavy atom. The van der Waals surface area contributed by atoms with Crippen molar-refractivity contribution >= 4 is 0 Å². The van der Waals surface area contributed by atoms with Gasteiger partial charge < -0.3 is 5.32 Å². The van der Waals surface area contributed by atoms with Crippen LogP contribution < -0.4 is 5.32 Å². The highest BCUT2D eigenvalue weighted by atomic mass is 14.9. The number of hydrogen-bond acceptors (Lipinski definition) is 2. The van der Waals surface area contributed by atoms with E-state index in [0.29, 0.717) is 6.04 Å². The minimum absolute atomic E-state index is 0.501. The number of hydrogen-bond donors (Lipinski definition) is 1. The second-order valence-corrected chi connectivity index (χ2v) is 3.84. The maximum absolute atomic E-state index is 8.81. The van der Waals surface area contributed by atoms with Gasteiger partial charge in [-0.15, -0.1) is 0 Å². The molecule has 1 aliphatic rings. The van der Waals surface area contributed by atoms with Crippen LogP contribution in [0, 0.1) is 18.3 Å². The molecule has 2 nitrogen and oxygen atoms in total. The number of nitrogens with one attached hydrogen (secondary N) is 1. The third kappa shape index (κ3) is 1.64. The van der Waals surface area contributed by atoms with Gasteiger partial charge in [0, 0.05) is 6.04 Å². The van der Waals surface area contributed by atoms with Gasteiger partial charge in [-0.1, -0.05) is 12.1 Å². The molecular formula is C12H14N2. The van der Waals surface area contributed by atoms with Crippen molar-refractivity contribution in [3.63, 3.8) is 0 Å². The summed E-state index contributed by atoms with van der Waals surface area (Å²) in [6, 6.07) is 8.81. The summed E-state index contributed by atoms with van der Waals surface area (Å²) in [6.45, 7) is 3.11. The average Bonchev–Trinajstić information content (AvgIpc) is 2.70. The molecule has 1 saturated heterocycles. The summed E-state index contributed by atoms with van der Waals surface area (Å²) < 4.78 is 0. The Labute approximate surface area is 84.6 Å². The molecule has 1 aliphatic heterocycles. The van der Waals surface area contributed by atoms with Crippen LogP contribution in [-0.2, 0) is 0 Å². The molecule has 0 aromatic heterocycles. The van der Waals surface area contributed by atoms with E-state index in [-0.39, 0.29) is 0 Å². The molecule has 1 fully saturated rings. The summed E-state index contributed by atoms with van der Waals surface area (Å²) in [5.41, 5.74) is 3.18. The molecule has 72 valence electrons. The van der Waals surface area contributed by atoms with Gasteiger partial charge in [0.15, 0.2) is 0 Å². The van der Waals surface area contributed by atoms with Gasteiger partial charge in [0.05, 0.1) is 11.6 Å². The molecule has 0 spiro atoms. The van der Waals surface area contributed by atoms with Crippen molar-refractivity contribution in [1.82, 2.24) is 5.32 Å². The Morgan fingerprint density at radius 1 is 1.50 bits per heavy atom. The van der Waals surface area contributed by atoms with Crippen LogP contribution in [0.15, 0.2) is 18.2 Å². The highest BCUT2D eigenvalue weighted by molar-refractivity contribution is 5.40. The fourth-order valence-electron chi connectivity index (χ4n) is 2.00. The predicted octanol–water partition coefficient (Wildman–Crippen LogP) is 2.29. The number of rotatable bonds is 1. The lowest BCUT2D eigenvalue weighted by molar-refractivity contribution is 0.647. The molecule has 0 saturated carbocycles. The molecule has 14 heavy (non-hydrogen) atoms. The lowest BCUT2D eigenvalue weighted by Gasteiger charge is -2.11. The molecule has 2 rings (SSSR count). The summed E-state index contributed by atoms with van der Waals surface area (Å²) in [5.74, 6) is 0. The maximum Gasteiger partial charge on any atom is 0.0994 e. The average molecular weight is 186 g/mol. The summed E-state index contributed by atoms with van der Waals surface area (Å²) in [7, 11) is 0. The van der Waals surface area contributed by atoms with Crippen LogP contribution in [0.5, 0.6) is 0 Å². The van der Waals surface area contributed by atoms with Crippen LogP contribution >= 0.6 is 0 Å². The van der Waals surface area contributed by atoms with Gasteiger partial charge in [0.25, 0.3) is 0 Å². The largest absolute Gasteiger partial charge is 0.310 e. The first kappa shape index (κ1) is 9.23.